The number of guanidine groups is 1. The van der Waals surface area contributed by atoms with Gasteiger partial charge in [-0.1, -0.05) is 26.0 Å². The third kappa shape index (κ3) is 7.04. The largest absolute Gasteiger partial charge is 0.378 e. The normalized spacial score (nSPS) is 15.1. The molecule has 1 heterocycles. The molecule has 6 nitrogen and oxygen atoms in total. The van der Waals surface area contributed by atoms with Crippen molar-refractivity contribution in [3.8, 4) is 0 Å². The predicted molar refractivity (Wildman–Crippen MR) is 108 cm³/mol. The van der Waals surface area contributed by atoms with E-state index in [2.05, 4.69) is 10.3 Å². The number of nitrogens with one attached hydrogen (secondary N) is 1. The summed E-state index contributed by atoms with van der Waals surface area (Å²) in [6.07, 6.45) is 0.520. The number of halogens is 1. The van der Waals surface area contributed by atoms with Crippen molar-refractivity contribution in [3.63, 3.8) is 0 Å². The van der Waals surface area contributed by atoms with Gasteiger partial charge in [-0.25, -0.2) is 4.99 Å². The second-order valence-electron chi connectivity index (χ2n) is 6.12. The highest BCUT2D eigenvalue weighted by molar-refractivity contribution is 14.0. The number of nitrogens with zero attached hydrogens (tertiary/aromatic N) is 2. The van der Waals surface area contributed by atoms with Crippen molar-refractivity contribution in [2.45, 2.75) is 26.8 Å². The van der Waals surface area contributed by atoms with Gasteiger partial charge in [-0.05, 0) is 23.6 Å². The number of rotatable bonds is 5. The van der Waals surface area contributed by atoms with Crippen LogP contribution in [-0.2, 0) is 16.1 Å². The molecule has 1 aromatic rings. The maximum atomic E-state index is 11.8. The van der Waals surface area contributed by atoms with E-state index in [4.69, 9.17) is 10.5 Å². The molecule has 24 heavy (non-hydrogen) atoms. The highest BCUT2D eigenvalue weighted by Crippen LogP contribution is 2.13. The van der Waals surface area contributed by atoms with Gasteiger partial charge in [0.05, 0.1) is 19.8 Å². The average Bonchev–Trinajstić information content (AvgIpc) is 2.53. The summed E-state index contributed by atoms with van der Waals surface area (Å²) in [4.78, 5) is 18.3. The first kappa shape index (κ1) is 20.7. The van der Waals surface area contributed by atoms with Crippen LogP contribution >= 0.6 is 24.0 Å². The van der Waals surface area contributed by atoms with E-state index < -0.39 is 0 Å². The van der Waals surface area contributed by atoms with E-state index in [1.54, 1.807) is 0 Å². The van der Waals surface area contributed by atoms with Crippen LogP contribution in [0.5, 0.6) is 0 Å². The number of hydrogen-bond donors (Lipinski definition) is 2. The van der Waals surface area contributed by atoms with Crippen molar-refractivity contribution < 1.29 is 9.53 Å². The van der Waals surface area contributed by atoms with Gasteiger partial charge in [0.25, 0.3) is 0 Å². The third-order valence-electron chi connectivity index (χ3n) is 3.56. The molecule has 1 saturated heterocycles. The number of benzene rings is 1. The molecule has 2 rings (SSSR count). The number of anilines is 1. The minimum atomic E-state index is 0. The molecule has 0 spiro atoms. The molecule has 1 aliphatic heterocycles. The zero-order valence-electron chi connectivity index (χ0n) is 14.3. The Kier molecular flexibility index (Phi) is 9.05. The lowest BCUT2D eigenvalue weighted by molar-refractivity contribution is -0.116. The zero-order chi connectivity index (χ0) is 16.7. The lowest BCUT2D eigenvalue weighted by Gasteiger charge is -2.27. The van der Waals surface area contributed by atoms with Crippen molar-refractivity contribution in [3.05, 3.63) is 29.8 Å². The van der Waals surface area contributed by atoms with Crippen molar-refractivity contribution in [2.75, 3.05) is 31.6 Å². The first-order valence-electron chi connectivity index (χ1n) is 8.06. The van der Waals surface area contributed by atoms with E-state index in [0.717, 1.165) is 24.3 Å². The van der Waals surface area contributed by atoms with Crippen LogP contribution in [0.4, 0.5) is 5.69 Å². The number of carbonyl (C=O) groups excluding carboxylic acids is 1. The molecule has 0 aliphatic carbocycles. The number of amides is 1. The van der Waals surface area contributed by atoms with Gasteiger partial charge in [0, 0.05) is 25.2 Å². The first-order chi connectivity index (χ1) is 11.0. The van der Waals surface area contributed by atoms with Crippen LogP contribution in [0.25, 0.3) is 0 Å². The van der Waals surface area contributed by atoms with Gasteiger partial charge in [-0.15, -0.1) is 24.0 Å². The molecule has 1 fully saturated rings. The molecule has 0 aromatic heterocycles. The number of carbonyl (C=O) groups is 1. The molecule has 134 valence electrons. The number of ether oxygens (including phenoxy) is 1. The molecule has 0 bridgehead atoms. The van der Waals surface area contributed by atoms with E-state index in [9.17, 15) is 4.79 Å². The Morgan fingerprint density at radius 1 is 1.38 bits per heavy atom. The summed E-state index contributed by atoms with van der Waals surface area (Å²) in [6, 6.07) is 7.72. The van der Waals surface area contributed by atoms with Crippen molar-refractivity contribution in [1.82, 2.24) is 4.90 Å². The summed E-state index contributed by atoms with van der Waals surface area (Å²) in [7, 11) is 0. The van der Waals surface area contributed by atoms with Gasteiger partial charge in [-0.2, -0.15) is 0 Å². The molecule has 0 unspecified atom stereocenters. The fourth-order valence-corrected chi connectivity index (χ4v) is 2.39. The molecule has 7 heteroatoms. The summed E-state index contributed by atoms with van der Waals surface area (Å²) >= 11 is 0. The van der Waals surface area contributed by atoms with Gasteiger partial charge in [0.2, 0.25) is 5.91 Å². The Morgan fingerprint density at radius 2 is 2.08 bits per heavy atom. The summed E-state index contributed by atoms with van der Waals surface area (Å²) < 4.78 is 5.30. The fraction of sp³-hybridized carbons (Fsp3) is 0.529. The van der Waals surface area contributed by atoms with Gasteiger partial charge >= 0.3 is 0 Å². The van der Waals surface area contributed by atoms with E-state index in [0.29, 0.717) is 38.1 Å². The van der Waals surface area contributed by atoms with Crippen LogP contribution in [0.3, 0.4) is 0 Å². The van der Waals surface area contributed by atoms with Crippen LogP contribution in [0.1, 0.15) is 25.8 Å². The first-order valence-corrected chi connectivity index (χ1v) is 8.06. The maximum Gasteiger partial charge on any atom is 0.224 e. The highest BCUT2D eigenvalue weighted by Gasteiger charge is 2.12. The Bertz CT molecular complexity index is 557. The van der Waals surface area contributed by atoms with Gasteiger partial charge in [0.15, 0.2) is 5.96 Å². The van der Waals surface area contributed by atoms with Crippen LogP contribution < -0.4 is 11.1 Å². The Balaban J connectivity index is 0.00000288. The molecule has 1 aliphatic rings. The van der Waals surface area contributed by atoms with E-state index in [-0.39, 0.29) is 29.9 Å². The summed E-state index contributed by atoms with van der Waals surface area (Å²) in [5.74, 6) is 0.923. The molecule has 0 radical (unpaired) electrons. The van der Waals surface area contributed by atoms with Crippen LogP contribution in [0.2, 0.25) is 0 Å². The third-order valence-corrected chi connectivity index (χ3v) is 3.56. The summed E-state index contributed by atoms with van der Waals surface area (Å²) in [5.41, 5.74) is 7.84. The molecular formula is C17H27IN4O2. The summed E-state index contributed by atoms with van der Waals surface area (Å²) in [6.45, 7) is 7.48. The number of morpholine rings is 1. The van der Waals surface area contributed by atoms with E-state index in [1.807, 2.05) is 43.0 Å². The van der Waals surface area contributed by atoms with Gasteiger partial charge in [0.1, 0.15) is 0 Å². The quantitative estimate of drug-likeness (QED) is 0.414. The van der Waals surface area contributed by atoms with Crippen LogP contribution in [-0.4, -0.2) is 43.1 Å². The summed E-state index contributed by atoms with van der Waals surface area (Å²) in [5, 5.41) is 2.92. The lowest BCUT2D eigenvalue weighted by atomic mass is 10.1. The van der Waals surface area contributed by atoms with Gasteiger partial charge in [-0.3, -0.25) is 4.79 Å². The Morgan fingerprint density at radius 3 is 2.75 bits per heavy atom. The SMILES string of the molecule is CC(C)CC(=O)Nc1cccc(CN=C(N)N2CCOCC2)c1.I. The highest BCUT2D eigenvalue weighted by atomic mass is 127. The standard InChI is InChI=1S/C17H26N4O2.HI/c1-13(2)10-16(22)20-15-5-3-4-14(11-15)12-19-17(18)21-6-8-23-9-7-21;/h3-5,11,13H,6-10,12H2,1-2H3,(H2,18,19)(H,20,22);1H. The minimum absolute atomic E-state index is 0. The molecule has 1 aromatic carbocycles. The molecule has 3 N–H and O–H groups in total. The smallest absolute Gasteiger partial charge is 0.224 e. The number of nitrogens with two attached hydrogens (primary N) is 1. The van der Waals surface area contributed by atoms with Crippen LogP contribution in [0, 0.1) is 5.92 Å². The number of aliphatic imine (C=N–C) groups is 1. The maximum absolute atomic E-state index is 11.8. The van der Waals surface area contributed by atoms with E-state index >= 15 is 0 Å². The molecule has 1 amide bonds. The Labute approximate surface area is 160 Å². The van der Waals surface area contributed by atoms with E-state index in [1.165, 1.54) is 0 Å². The zero-order valence-corrected chi connectivity index (χ0v) is 16.7. The molecule has 0 atom stereocenters. The molecule has 0 saturated carbocycles. The Hall–Kier alpha value is -1.35. The van der Waals surface area contributed by atoms with Gasteiger partial charge < -0.3 is 20.7 Å². The minimum Gasteiger partial charge on any atom is -0.378 e. The number of hydrogen-bond acceptors (Lipinski definition) is 3. The van der Waals surface area contributed by atoms with Crippen molar-refractivity contribution in [1.29, 1.82) is 0 Å². The predicted octanol–water partition coefficient (Wildman–Crippen LogP) is 2.44. The monoisotopic (exact) mass is 446 g/mol. The van der Waals surface area contributed by atoms with Crippen molar-refractivity contribution in [2.24, 2.45) is 16.6 Å². The fourth-order valence-electron chi connectivity index (χ4n) is 2.39. The average molecular weight is 446 g/mol. The van der Waals surface area contributed by atoms with Crippen LogP contribution in [0.15, 0.2) is 29.3 Å². The van der Waals surface area contributed by atoms with Crippen molar-refractivity contribution >= 4 is 41.5 Å². The molecular weight excluding hydrogens is 419 g/mol. The second kappa shape index (κ2) is 10.5. The second-order valence-corrected chi connectivity index (χ2v) is 6.12. The topological polar surface area (TPSA) is 80.0 Å². The lowest BCUT2D eigenvalue weighted by Crippen LogP contribution is -2.44.